The van der Waals surface area contributed by atoms with Crippen LogP contribution in [0, 0.1) is 0 Å². The number of piperidine rings is 1. The molecule has 4 rings (SSSR count). The van der Waals surface area contributed by atoms with Crippen LogP contribution in [0.4, 0.5) is 10.5 Å². The third-order valence-electron chi connectivity index (χ3n) is 7.44. The summed E-state index contributed by atoms with van der Waals surface area (Å²) in [6, 6.07) is 7.83. The highest BCUT2D eigenvalue weighted by Gasteiger charge is 2.22. The summed E-state index contributed by atoms with van der Waals surface area (Å²) in [5.41, 5.74) is 3.21. The predicted molar refractivity (Wildman–Crippen MR) is 171 cm³/mol. The summed E-state index contributed by atoms with van der Waals surface area (Å²) < 4.78 is 12.7. The average Bonchev–Trinajstić information content (AvgIpc) is 2.90. The Balaban J connectivity index is 0.00000294. The number of nitrogens with zero attached hydrogens (tertiary/aromatic N) is 3. The Morgan fingerprint density at radius 1 is 0.976 bits per heavy atom. The number of likely N-dealkylation sites (tertiary alicyclic amines) is 1. The molecule has 0 bridgehead atoms. The van der Waals surface area contributed by atoms with Crippen molar-refractivity contribution < 1.29 is 14.3 Å². The molecule has 8 nitrogen and oxygen atoms in total. The van der Waals surface area contributed by atoms with E-state index >= 15 is 0 Å². The minimum Gasteiger partial charge on any atom is -0.488 e. The molecule has 2 heterocycles. The van der Waals surface area contributed by atoms with Crippen molar-refractivity contribution in [3.63, 3.8) is 0 Å². The SMILES string of the molecule is CCCCc1nnc(OC2CCN(C)CC2)cc1-c1ccc(OC2CCCCC2)c(NC(=O)NC(C)(C)C)c1.Cl.Cl. The zero-order valence-corrected chi connectivity index (χ0v) is 27.0. The van der Waals surface area contributed by atoms with Crippen LogP contribution in [0.1, 0.15) is 91.2 Å². The number of carbonyl (C=O) groups is 1. The lowest BCUT2D eigenvalue weighted by molar-refractivity contribution is 0.109. The van der Waals surface area contributed by atoms with Gasteiger partial charge in [-0.05, 0) is 96.9 Å². The molecule has 2 fully saturated rings. The molecule has 41 heavy (non-hydrogen) atoms. The van der Waals surface area contributed by atoms with Gasteiger partial charge in [-0.3, -0.25) is 0 Å². The van der Waals surface area contributed by atoms with Gasteiger partial charge in [-0.25, -0.2) is 4.79 Å². The van der Waals surface area contributed by atoms with Gasteiger partial charge >= 0.3 is 6.03 Å². The highest BCUT2D eigenvalue weighted by atomic mass is 35.5. The smallest absolute Gasteiger partial charge is 0.319 e. The molecule has 0 spiro atoms. The first-order chi connectivity index (χ1) is 18.7. The van der Waals surface area contributed by atoms with Crippen molar-refractivity contribution in [1.82, 2.24) is 20.4 Å². The molecule has 1 aliphatic heterocycles. The predicted octanol–water partition coefficient (Wildman–Crippen LogP) is 7.43. The zero-order chi connectivity index (χ0) is 27.8. The molecule has 2 aliphatic rings. The zero-order valence-electron chi connectivity index (χ0n) is 25.3. The Morgan fingerprint density at radius 3 is 2.32 bits per heavy atom. The maximum atomic E-state index is 12.9. The van der Waals surface area contributed by atoms with Crippen molar-refractivity contribution in [2.45, 2.75) is 110 Å². The van der Waals surface area contributed by atoms with Crippen molar-refractivity contribution in [2.75, 3.05) is 25.5 Å². The number of hydrogen-bond donors (Lipinski definition) is 2. The minimum absolute atomic E-state index is 0. The summed E-state index contributed by atoms with van der Waals surface area (Å²) in [5.74, 6) is 1.26. The van der Waals surface area contributed by atoms with E-state index in [-0.39, 0.29) is 48.6 Å². The molecule has 2 amide bonds. The van der Waals surface area contributed by atoms with Crippen LogP contribution in [-0.4, -0.2) is 59.0 Å². The molecule has 2 aromatic rings. The Morgan fingerprint density at radius 2 is 1.66 bits per heavy atom. The topological polar surface area (TPSA) is 88.6 Å². The van der Waals surface area contributed by atoms with E-state index in [0.717, 1.165) is 74.9 Å². The summed E-state index contributed by atoms with van der Waals surface area (Å²) in [7, 11) is 2.14. The van der Waals surface area contributed by atoms with E-state index in [0.29, 0.717) is 17.3 Å². The van der Waals surface area contributed by atoms with Crippen molar-refractivity contribution >= 4 is 36.5 Å². The molecule has 1 aromatic carbocycles. The van der Waals surface area contributed by atoms with E-state index in [2.05, 4.69) is 45.8 Å². The molecule has 1 saturated heterocycles. The average molecular weight is 611 g/mol. The Labute approximate surface area is 258 Å². The van der Waals surface area contributed by atoms with Gasteiger partial charge in [-0.2, -0.15) is 5.10 Å². The first-order valence-electron chi connectivity index (χ1n) is 14.8. The van der Waals surface area contributed by atoms with E-state index < -0.39 is 0 Å². The second kappa shape index (κ2) is 16.4. The van der Waals surface area contributed by atoms with E-state index in [9.17, 15) is 4.79 Å². The Bertz CT molecular complexity index is 1100. The lowest BCUT2D eigenvalue weighted by atomic mass is 9.97. The minimum atomic E-state index is -0.353. The second-order valence-corrected chi connectivity index (χ2v) is 12.2. The Kier molecular flexibility index (Phi) is 13.9. The van der Waals surface area contributed by atoms with Gasteiger partial charge in [0, 0.05) is 30.3 Å². The highest BCUT2D eigenvalue weighted by Crippen LogP contribution is 2.36. The lowest BCUT2D eigenvalue weighted by Gasteiger charge is -2.29. The van der Waals surface area contributed by atoms with Crippen LogP contribution in [0.3, 0.4) is 0 Å². The van der Waals surface area contributed by atoms with E-state index in [1.54, 1.807) is 0 Å². The lowest BCUT2D eigenvalue weighted by Crippen LogP contribution is -2.43. The standard InChI is InChI=1S/C31H47N5O3.2ClH/c1-6-7-13-26-25(21-29(35-34-26)39-24-16-18-36(5)19-17-24)22-14-15-28(38-23-11-9-8-10-12-23)27(20-22)32-30(37)33-31(2,3)4;;/h14-15,20-21,23-24H,6-13,16-19H2,1-5H3,(H2,32,33,37);2*1H. The van der Waals surface area contributed by atoms with Crippen LogP contribution in [0.2, 0.25) is 0 Å². The number of rotatable bonds is 9. The van der Waals surface area contributed by atoms with Crippen molar-refractivity contribution in [1.29, 1.82) is 0 Å². The van der Waals surface area contributed by atoms with E-state index in [4.69, 9.17) is 9.47 Å². The number of aryl methyl sites for hydroxylation is 1. The summed E-state index contributed by atoms with van der Waals surface area (Å²) in [5, 5.41) is 15.1. The molecule has 10 heteroatoms. The van der Waals surface area contributed by atoms with Gasteiger partial charge in [0.1, 0.15) is 11.9 Å². The van der Waals surface area contributed by atoms with Gasteiger partial charge in [0.25, 0.3) is 0 Å². The van der Waals surface area contributed by atoms with E-state index in [1.165, 1.54) is 19.3 Å². The van der Waals surface area contributed by atoms with Crippen LogP contribution < -0.4 is 20.1 Å². The number of nitrogens with one attached hydrogen (secondary N) is 2. The number of unbranched alkanes of at least 4 members (excludes halogenated alkanes) is 1. The maximum Gasteiger partial charge on any atom is 0.319 e. The second-order valence-electron chi connectivity index (χ2n) is 12.2. The van der Waals surface area contributed by atoms with Gasteiger partial charge in [-0.1, -0.05) is 25.8 Å². The van der Waals surface area contributed by atoms with Gasteiger partial charge in [0.15, 0.2) is 0 Å². The maximum absolute atomic E-state index is 12.9. The number of anilines is 1. The van der Waals surface area contributed by atoms with Gasteiger partial charge < -0.3 is 25.0 Å². The molecule has 0 unspecified atom stereocenters. The number of carbonyl (C=O) groups excluding carboxylic acids is 1. The number of urea groups is 1. The molecule has 1 saturated carbocycles. The molecule has 230 valence electrons. The normalized spacial score (nSPS) is 16.7. The number of hydrogen-bond acceptors (Lipinski definition) is 6. The van der Waals surface area contributed by atoms with Crippen molar-refractivity contribution in [3.05, 3.63) is 30.0 Å². The molecule has 0 radical (unpaired) electrons. The summed E-state index contributed by atoms with van der Waals surface area (Å²) in [4.78, 5) is 15.2. The number of halogens is 2. The van der Waals surface area contributed by atoms with Gasteiger partial charge in [0.05, 0.1) is 17.5 Å². The van der Waals surface area contributed by atoms with Crippen LogP contribution in [-0.2, 0) is 6.42 Å². The molecule has 0 atom stereocenters. The molecular formula is C31H49Cl2N5O3. The fourth-order valence-corrected chi connectivity index (χ4v) is 5.26. The first kappa shape index (κ1) is 34.9. The van der Waals surface area contributed by atoms with Gasteiger partial charge in [-0.15, -0.1) is 29.9 Å². The largest absolute Gasteiger partial charge is 0.488 e. The third kappa shape index (κ3) is 10.8. The van der Waals surface area contributed by atoms with Crippen molar-refractivity contribution in [2.24, 2.45) is 0 Å². The summed E-state index contributed by atoms with van der Waals surface area (Å²) in [6.45, 7) is 10.1. The van der Waals surface area contributed by atoms with Crippen molar-refractivity contribution in [3.8, 4) is 22.8 Å². The molecule has 1 aromatic heterocycles. The molecule has 2 N–H and O–H groups in total. The Hall–Kier alpha value is -2.29. The number of amides is 2. The van der Waals surface area contributed by atoms with Crippen LogP contribution in [0.15, 0.2) is 24.3 Å². The number of aromatic nitrogens is 2. The highest BCUT2D eigenvalue weighted by molar-refractivity contribution is 5.92. The summed E-state index contributed by atoms with van der Waals surface area (Å²) in [6.07, 6.45) is 10.9. The van der Waals surface area contributed by atoms with Crippen LogP contribution in [0.25, 0.3) is 11.1 Å². The van der Waals surface area contributed by atoms with Gasteiger partial charge in [0.2, 0.25) is 5.88 Å². The number of ether oxygens (including phenoxy) is 2. The third-order valence-corrected chi connectivity index (χ3v) is 7.44. The fraction of sp³-hybridized carbons (Fsp3) is 0.645. The number of benzene rings is 1. The molecular weight excluding hydrogens is 561 g/mol. The van der Waals surface area contributed by atoms with Crippen LogP contribution >= 0.6 is 24.8 Å². The molecule has 1 aliphatic carbocycles. The quantitative estimate of drug-likeness (QED) is 0.307. The summed E-state index contributed by atoms with van der Waals surface area (Å²) >= 11 is 0. The van der Waals surface area contributed by atoms with E-state index in [1.807, 2.05) is 39.0 Å². The monoisotopic (exact) mass is 609 g/mol. The van der Waals surface area contributed by atoms with Crippen LogP contribution in [0.5, 0.6) is 11.6 Å². The first-order valence-corrected chi connectivity index (χ1v) is 14.8. The fourth-order valence-electron chi connectivity index (χ4n) is 5.26.